The van der Waals surface area contributed by atoms with Crippen LogP contribution in [-0.2, 0) is 30.0 Å². The highest BCUT2D eigenvalue weighted by atomic mass is 32.2. The van der Waals surface area contributed by atoms with Gasteiger partial charge in [0.1, 0.15) is 5.82 Å². The van der Waals surface area contributed by atoms with Gasteiger partial charge in [0, 0.05) is 43.2 Å². The second-order valence-corrected chi connectivity index (χ2v) is 7.98. The van der Waals surface area contributed by atoms with Crippen molar-refractivity contribution in [3.05, 3.63) is 65.6 Å². The second-order valence-electron chi connectivity index (χ2n) is 6.04. The Balaban J connectivity index is 1.76. The standard InChI is InChI=1S/C18H17FN2O2S/c1-20-17-5-3-2-4-15(17)16-12-21(11-10-18(16)20)24(22,23)14-8-6-13(19)7-9-14/h2-9H,10-12H2,1H3. The fraction of sp³-hybridized carbons (Fsp3) is 0.222. The van der Waals surface area contributed by atoms with Gasteiger partial charge in [0.15, 0.2) is 0 Å². The number of hydrogen-bond acceptors (Lipinski definition) is 2. The van der Waals surface area contributed by atoms with E-state index in [1.807, 2.05) is 31.3 Å². The van der Waals surface area contributed by atoms with Crippen molar-refractivity contribution in [2.24, 2.45) is 7.05 Å². The lowest BCUT2D eigenvalue weighted by atomic mass is 10.1. The summed E-state index contributed by atoms with van der Waals surface area (Å²) in [5.41, 5.74) is 3.36. The first-order valence-corrected chi connectivity index (χ1v) is 9.23. The average molecular weight is 344 g/mol. The van der Waals surface area contributed by atoms with Gasteiger partial charge in [-0.2, -0.15) is 4.31 Å². The number of aryl methyl sites for hydroxylation is 1. The van der Waals surface area contributed by atoms with Crippen LogP contribution in [0.25, 0.3) is 10.9 Å². The molecule has 0 saturated carbocycles. The van der Waals surface area contributed by atoms with Crippen molar-refractivity contribution in [1.82, 2.24) is 8.87 Å². The summed E-state index contributed by atoms with van der Waals surface area (Å²) in [5, 5.41) is 1.09. The SMILES string of the molecule is Cn1c2c(c3ccccc31)CN(S(=O)(=O)c1ccc(F)cc1)CC2. The molecule has 0 radical (unpaired) electrons. The molecule has 6 heteroatoms. The van der Waals surface area contributed by atoms with Gasteiger partial charge >= 0.3 is 0 Å². The van der Waals surface area contributed by atoms with Crippen LogP contribution in [0.15, 0.2) is 53.4 Å². The maximum Gasteiger partial charge on any atom is 0.243 e. The lowest BCUT2D eigenvalue weighted by Crippen LogP contribution is -2.36. The number of benzene rings is 2. The number of nitrogens with zero attached hydrogens (tertiary/aromatic N) is 2. The Labute approximate surface area is 140 Å². The topological polar surface area (TPSA) is 42.3 Å². The third kappa shape index (κ3) is 2.25. The first kappa shape index (κ1) is 15.4. The van der Waals surface area contributed by atoms with Crippen molar-refractivity contribution < 1.29 is 12.8 Å². The fourth-order valence-corrected chi connectivity index (χ4v) is 4.88. The molecule has 2 heterocycles. The number of sulfonamides is 1. The van der Waals surface area contributed by atoms with Crippen LogP contribution in [0.3, 0.4) is 0 Å². The Kier molecular flexibility index (Phi) is 3.47. The van der Waals surface area contributed by atoms with Crippen LogP contribution >= 0.6 is 0 Å². The van der Waals surface area contributed by atoms with E-state index in [0.717, 1.165) is 16.5 Å². The van der Waals surface area contributed by atoms with Crippen molar-refractivity contribution >= 4 is 20.9 Å². The predicted molar refractivity (Wildman–Crippen MR) is 90.6 cm³/mol. The minimum absolute atomic E-state index is 0.132. The Morgan fingerprint density at radius 2 is 1.75 bits per heavy atom. The summed E-state index contributed by atoms with van der Waals surface area (Å²) in [6.45, 7) is 0.771. The van der Waals surface area contributed by atoms with Gasteiger partial charge in [-0.25, -0.2) is 12.8 Å². The number of aromatic nitrogens is 1. The van der Waals surface area contributed by atoms with Crippen molar-refractivity contribution in [3.63, 3.8) is 0 Å². The van der Waals surface area contributed by atoms with Gasteiger partial charge < -0.3 is 4.57 Å². The van der Waals surface area contributed by atoms with E-state index in [0.29, 0.717) is 19.5 Å². The number of para-hydroxylation sites is 1. The summed E-state index contributed by atoms with van der Waals surface area (Å²) in [4.78, 5) is 0.132. The first-order valence-electron chi connectivity index (χ1n) is 7.79. The van der Waals surface area contributed by atoms with E-state index in [1.54, 1.807) is 0 Å². The van der Waals surface area contributed by atoms with Crippen molar-refractivity contribution in [1.29, 1.82) is 0 Å². The van der Waals surface area contributed by atoms with Crippen LogP contribution in [0.2, 0.25) is 0 Å². The van der Waals surface area contributed by atoms with Gasteiger partial charge in [-0.3, -0.25) is 0 Å². The zero-order valence-corrected chi connectivity index (χ0v) is 14.1. The lowest BCUT2D eigenvalue weighted by Gasteiger charge is -2.27. The molecule has 4 rings (SSSR count). The van der Waals surface area contributed by atoms with E-state index in [2.05, 4.69) is 4.57 Å². The van der Waals surface area contributed by atoms with E-state index in [1.165, 1.54) is 34.3 Å². The monoisotopic (exact) mass is 344 g/mol. The average Bonchev–Trinajstić information content (AvgIpc) is 2.88. The maximum absolute atomic E-state index is 13.1. The first-order chi connectivity index (χ1) is 11.5. The van der Waals surface area contributed by atoms with Crippen molar-refractivity contribution in [3.8, 4) is 0 Å². The van der Waals surface area contributed by atoms with Gasteiger partial charge in [0.05, 0.1) is 4.90 Å². The smallest absolute Gasteiger partial charge is 0.243 e. The van der Waals surface area contributed by atoms with Crippen LogP contribution in [0, 0.1) is 5.82 Å². The summed E-state index contributed by atoms with van der Waals surface area (Å²) in [7, 11) is -1.60. The highest BCUT2D eigenvalue weighted by Gasteiger charge is 2.31. The van der Waals surface area contributed by atoms with E-state index < -0.39 is 15.8 Å². The molecular weight excluding hydrogens is 327 g/mol. The molecule has 0 spiro atoms. The molecule has 1 aliphatic rings. The van der Waals surface area contributed by atoms with Crippen LogP contribution in [-0.4, -0.2) is 23.8 Å². The van der Waals surface area contributed by atoms with Gasteiger partial charge in [-0.05, 0) is 35.9 Å². The van der Waals surface area contributed by atoms with Crippen LogP contribution in [0.4, 0.5) is 4.39 Å². The predicted octanol–water partition coefficient (Wildman–Crippen LogP) is 3.06. The van der Waals surface area contributed by atoms with E-state index in [4.69, 9.17) is 0 Å². The van der Waals surface area contributed by atoms with Gasteiger partial charge in [-0.1, -0.05) is 18.2 Å². The number of rotatable bonds is 2. The molecule has 0 fully saturated rings. The molecule has 124 valence electrons. The zero-order valence-electron chi connectivity index (χ0n) is 13.2. The Morgan fingerprint density at radius 1 is 1.04 bits per heavy atom. The summed E-state index contributed by atoms with van der Waals surface area (Å²) >= 11 is 0. The third-order valence-corrected chi connectivity index (χ3v) is 6.59. The summed E-state index contributed by atoms with van der Waals surface area (Å²) in [6.07, 6.45) is 0.668. The van der Waals surface area contributed by atoms with E-state index >= 15 is 0 Å². The molecule has 0 saturated heterocycles. The van der Waals surface area contributed by atoms with Gasteiger partial charge in [0.25, 0.3) is 0 Å². The maximum atomic E-state index is 13.1. The molecule has 2 aromatic carbocycles. The molecule has 24 heavy (non-hydrogen) atoms. The lowest BCUT2D eigenvalue weighted by molar-refractivity contribution is 0.388. The molecule has 0 amide bonds. The van der Waals surface area contributed by atoms with Gasteiger partial charge in [-0.15, -0.1) is 0 Å². The normalized spacial score (nSPS) is 15.6. The largest absolute Gasteiger partial charge is 0.347 e. The van der Waals surface area contributed by atoms with E-state index in [9.17, 15) is 12.8 Å². The number of halogens is 1. The second kappa shape index (κ2) is 5.43. The van der Waals surface area contributed by atoms with Crippen LogP contribution in [0.5, 0.6) is 0 Å². The molecule has 0 N–H and O–H groups in total. The summed E-state index contributed by atoms with van der Waals surface area (Å²) < 4.78 is 42.4. The molecule has 1 aromatic heterocycles. The molecule has 1 aliphatic heterocycles. The van der Waals surface area contributed by atoms with E-state index in [-0.39, 0.29) is 4.90 Å². The highest BCUT2D eigenvalue weighted by molar-refractivity contribution is 7.89. The quantitative estimate of drug-likeness (QED) is 0.717. The molecule has 0 bridgehead atoms. The number of hydrogen-bond donors (Lipinski definition) is 0. The van der Waals surface area contributed by atoms with Crippen LogP contribution in [0.1, 0.15) is 11.3 Å². The zero-order chi connectivity index (χ0) is 16.9. The molecule has 3 aromatic rings. The van der Waals surface area contributed by atoms with Crippen molar-refractivity contribution in [2.45, 2.75) is 17.9 Å². The Bertz CT molecular complexity index is 1020. The fourth-order valence-electron chi connectivity index (χ4n) is 3.47. The number of fused-ring (bicyclic) bond motifs is 3. The molecule has 4 nitrogen and oxygen atoms in total. The van der Waals surface area contributed by atoms with Crippen LogP contribution < -0.4 is 0 Å². The molecule has 0 unspecified atom stereocenters. The minimum Gasteiger partial charge on any atom is -0.347 e. The molecule has 0 atom stereocenters. The summed E-state index contributed by atoms with van der Waals surface area (Å²) in [6, 6.07) is 13.0. The Hall–Kier alpha value is -2.18. The minimum atomic E-state index is -3.62. The molecule has 0 aliphatic carbocycles. The molecular formula is C18H17FN2O2S. The highest BCUT2D eigenvalue weighted by Crippen LogP contribution is 2.32. The summed E-state index contributed by atoms with van der Waals surface area (Å²) in [5.74, 6) is -0.441. The van der Waals surface area contributed by atoms with Crippen molar-refractivity contribution in [2.75, 3.05) is 6.54 Å². The van der Waals surface area contributed by atoms with Gasteiger partial charge in [0.2, 0.25) is 10.0 Å². The Morgan fingerprint density at radius 3 is 2.50 bits per heavy atom. The third-order valence-electron chi connectivity index (χ3n) is 4.73.